The molecule has 116 valence electrons. The highest BCUT2D eigenvalue weighted by Crippen LogP contribution is 2.17. The van der Waals surface area contributed by atoms with Gasteiger partial charge in [-0.2, -0.15) is 0 Å². The van der Waals surface area contributed by atoms with Gasteiger partial charge < -0.3 is 26.1 Å². The van der Waals surface area contributed by atoms with E-state index in [-0.39, 0.29) is 12.4 Å². The number of rotatable bonds is 5. The van der Waals surface area contributed by atoms with Crippen LogP contribution in [0.1, 0.15) is 5.56 Å². The zero-order valence-electron chi connectivity index (χ0n) is 11.9. The molecule has 0 spiro atoms. The third-order valence-corrected chi connectivity index (χ3v) is 3.69. The van der Waals surface area contributed by atoms with Crippen molar-refractivity contribution in [1.29, 1.82) is 0 Å². The normalized spacial score (nSPS) is 18.8. The maximum absolute atomic E-state index is 9.45. The first-order valence-electron chi connectivity index (χ1n) is 6.98. The third kappa shape index (κ3) is 4.07. The van der Waals surface area contributed by atoms with Crippen LogP contribution in [0.15, 0.2) is 29.4 Å². The lowest BCUT2D eigenvalue weighted by Crippen LogP contribution is -2.49. The molecule has 5 N–H and O–H groups in total. The fourth-order valence-electron chi connectivity index (χ4n) is 2.45. The number of amidine groups is 1. The van der Waals surface area contributed by atoms with Crippen molar-refractivity contribution >= 4 is 11.5 Å². The lowest BCUT2D eigenvalue weighted by molar-refractivity contribution is 0.0575. The van der Waals surface area contributed by atoms with E-state index in [0.29, 0.717) is 12.1 Å². The Kier molecular flexibility index (Phi) is 5.38. The molecule has 1 heterocycles. The van der Waals surface area contributed by atoms with Crippen molar-refractivity contribution in [3.63, 3.8) is 0 Å². The standard InChI is InChI=1S/C14H22N4O3/c15-14(16-21)11-1-3-12(4-2-11)18-7-5-17(6-8-18)9-13(20)10-19/h1-4,13,19-21H,5-10H2,(H2,15,16). The first kappa shape index (κ1) is 15.6. The van der Waals surface area contributed by atoms with Crippen LogP contribution in [0.3, 0.4) is 0 Å². The maximum Gasteiger partial charge on any atom is 0.170 e. The van der Waals surface area contributed by atoms with Gasteiger partial charge in [0.1, 0.15) is 0 Å². The number of aliphatic hydroxyl groups excluding tert-OH is 2. The predicted octanol–water partition coefficient (Wildman–Crippen LogP) is -0.744. The van der Waals surface area contributed by atoms with E-state index in [1.54, 1.807) is 0 Å². The summed E-state index contributed by atoms with van der Waals surface area (Å²) in [6, 6.07) is 7.55. The molecule has 0 aromatic heterocycles. The van der Waals surface area contributed by atoms with Crippen LogP contribution in [0.4, 0.5) is 5.69 Å². The molecule has 1 atom stereocenters. The first-order valence-corrected chi connectivity index (χ1v) is 6.98. The summed E-state index contributed by atoms with van der Waals surface area (Å²) in [6.07, 6.45) is -0.670. The quantitative estimate of drug-likeness (QED) is 0.247. The summed E-state index contributed by atoms with van der Waals surface area (Å²) in [5.41, 5.74) is 7.31. The van der Waals surface area contributed by atoms with E-state index in [2.05, 4.69) is 15.0 Å². The Balaban J connectivity index is 1.90. The van der Waals surface area contributed by atoms with Gasteiger partial charge in [-0.15, -0.1) is 0 Å². The van der Waals surface area contributed by atoms with Gasteiger partial charge in [-0.3, -0.25) is 4.90 Å². The van der Waals surface area contributed by atoms with E-state index in [1.165, 1.54) is 0 Å². The number of anilines is 1. The number of benzene rings is 1. The summed E-state index contributed by atoms with van der Waals surface area (Å²) in [4.78, 5) is 4.39. The van der Waals surface area contributed by atoms with Crippen LogP contribution in [0.5, 0.6) is 0 Å². The number of β-amino-alcohol motifs (C(OH)–C–C–N with tert-alkyl or cyclic N) is 1. The highest BCUT2D eigenvalue weighted by molar-refractivity contribution is 5.97. The topological polar surface area (TPSA) is 106 Å². The summed E-state index contributed by atoms with van der Waals surface area (Å²) in [6.45, 7) is 3.72. The highest BCUT2D eigenvalue weighted by Gasteiger charge is 2.19. The van der Waals surface area contributed by atoms with Gasteiger partial charge in [0, 0.05) is 44.0 Å². The number of hydrogen-bond donors (Lipinski definition) is 4. The number of piperazine rings is 1. The van der Waals surface area contributed by atoms with Gasteiger partial charge in [-0.05, 0) is 24.3 Å². The van der Waals surface area contributed by atoms with E-state index in [0.717, 1.165) is 31.9 Å². The number of hydrogen-bond acceptors (Lipinski definition) is 6. The van der Waals surface area contributed by atoms with Crippen LogP contribution in [-0.4, -0.2) is 71.6 Å². The molecule has 0 saturated carbocycles. The van der Waals surface area contributed by atoms with Crippen molar-refractivity contribution in [3.8, 4) is 0 Å². The number of aliphatic hydroxyl groups is 2. The molecule has 1 unspecified atom stereocenters. The van der Waals surface area contributed by atoms with Crippen LogP contribution in [0.25, 0.3) is 0 Å². The van der Waals surface area contributed by atoms with Gasteiger partial charge in [0.05, 0.1) is 12.7 Å². The molecule has 1 fully saturated rings. The molecule has 2 rings (SSSR count). The third-order valence-electron chi connectivity index (χ3n) is 3.69. The fraction of sp³-hybridized carbons (Fsp3) is 0.500. The molecule has 1 aromatic rings. The molecule has 7 heteroatoms. The number of nitrogens with two attached hydrogens (primary N) is 1. The van der Waals surface area contributed by atoms with E-state index in [1.807, 2.05) is 24.3 Å². The minimum absolute atomic E-state index is 0.101. The van der Waals surface area contributed by atoms with Gasteiger partial charge in [-0.25, -0.2) is 0 Å². The minimum Gasteiger partial charge on any atom is -0.409 e. The fourth-order valence-corrected chi connectivity index (χ4v) is 2.45. The second-order valence-electron chi connectivity index (χ2n) is 5.16. The maximum atomic E-state index is 9.45. The Hall–Kier alpha value is -1.83. The smallest absolute Gasteiger partial charge is 0.170 e. The molecule has 0 amide bonds. The summed E-state index contributed by atoms with van der Waals surface area (Å²) in [7, 11) is 0. The Morgan fingerprint density at radius 2 is 1.81 bits per heavy atom. The second kappa shape index (κ2) is 7.26. The second-order valence-corrected chi connectivity index (χ2v) is 5.16. The van der Waals surface area contributed by atoms with Gasteiger partial charge in [0.2, 0.25) is 0 Å². The monoisotopic (exact) mass is 294 g/mol. The number of oxime groups is 1. The van der Waals surface area contributed by atoms with Crippen LogP contribution < -0.4 is 10.6 Å². The van der Waals surface area contributed by atoms with E-state index in [9.17, 15) is 5.11 Å². The van der Waals surface area contributed by atoms with Crippen LogP contribution >= 0.6 is 0 Å². The predicted molar refractivity (Wildman–Crippen MR) is 80.7 cm³/mol. The molecule has 1 aromatic carbocycles. The van der Waals surface area contributed by atoms with Crippen molar-refractivity contribution in [2.24, 2.45) is 10.9 Å². The summed E-state index contributed by atoms with van der Waals surface area (Å²) in [5.74, 6) is 0.101. The van der Waals surface area contributed by atoms with E-state index in [4.69, 9.17) is 16.0 Å². The Labute approximate surface area is 123 Å². The number of nitrogens with zero attached hydrogens (tertiary/aromatic N) is 3. The Morgan fingerprint density at radius 1 is 1.19 bits per heavy atom. The summed E-state index contributed by atoms with van der Waals surface area (Å²) >= 11 is 0. The van der Waals surface area contributed by atoms with E-state index >= 15 is 0 Å². The Morgan fingerprint density at radius 3 is 2.33 bits per heavy atom. The molecule has 0 bridgehead atoms. The van der Waals surface area contributed by atoms with Gasteiger partial charge in [0.25, 0.3) is 0 Å². The van der Waals surface area contributed by atoms with Gasteiger partial charge >= 0.3 is 0 Å². The summed E-state index contributed by atoms with van der Waals surface area (Å²) in [5, 5.41) is 29.9. The molecule has 1 aliphatic heterocycles. The first-order chi connectivity index (χ1) is 10.1. The molecule has 1 aliphatic rings. The van der Waals surface area contributed by atoms with Crippen LogP contribution in [0, 0.1) is 0 Å². The van der Waals surface area contributed by atoms with Crippen molar-refractivity contribution in [1.82, 2.24) is 4.90 Å². The Bertz CT molecular complexity index is 470. The lowest BCUT2D eigenvalue weighted by Gasteiger charge is -2.36. The lowest BCUT2D eigenvalue weighted by atomic mass is 10.1. The average molecular weight is 294 g/mol. The van der Waals surface area contributed by atoms with Gasteiger partial charge in [0.15, 0.2) is 5.84 Å². The molecule has 21 heavy (non-hydrogen) atoms. The van der Waals surface area contributed by atoms with Crippen molar-refractivity contribution in [2.75, 3.05) is 44.2 Å². The van der Waals surface area contributed by atoms with Crippen LogP contribution in [0.2, 0.25) is 0 Å². The minimum atomic E-state index is -0.670. The highest BCUT2D eigenvalue weighted by atomic mass is 16.4. The molecular weight excluding hydrogens is 272 g/mol. The van der Waals surface area contributed by atoms with Crippen molar-refractivity contribution in [2.45, 2.75) is 6.10 Å². The van der Waals surface area contributed by atoms with E-state index < -0.39 is 6.10 Å². The zero-order chi connectivity index (χ0) is 15.2. The van der Waals surface area contributed by atoms with Crippen LogP contribution in [-0.2, 0) is 0 Å². The van der Waals surface area contributed by atoms with Crippen molar-refractivity contribution < 1.29 is 15.4 Å². The molecule has 0 radical (unpaired) electrons. The molecule has 7 nitrogen and oxygen atoms in total. The molecule has 1 saturated heterocycles. The molecular formula is C14H22N4O3. The molecule has 0 aliphatic carbocycles. The van der Waals surface area contributed by atoms with Crippen molar-refractivity contribution in [3.05, 3.63) is 29.8 Å². The SMILES string of the molecule is NC(=NO)c1ccc(N2CCN(CC(O)CO)CC2)cc1. The average Bonchev–Trinajstić information content (AvgIpc) is 2.55. The zero-order valence-corrected chi connectivity index (χ0v) is 11.9. The van der Waals surface area contributed by atoms with Gasteiger partial charge in [-0.1, -0.05) is 5.16 Å². The largest absolute Gasteiger partial charge is 0.409 e. The summed E-state index contributed by atoms with van der Waals surface area (Å²) < 4.78 is 0.